The van der Waals surface area contributed by atoms with Gasteiger partial charge in [-0.05, 0) is 85.6 Å². The molecule has 1 saturated carbocycles. The van der Waals surface area contributed by atoms with Crippen LogP contribution in [-0.4, -0.2) is 139 Å². The maximum absolute atomic E-state index is 14.3. The molecule has 2 aromatic carbocycles. The van der Waals surface area contributed by atoms with Crippen LogP contribution < -0.4 is 27.0 Å². The summed E-state index contributed by atoms with van der Waals surface area (Å²) in [4.78, 5) is 145. The fourth-order valence-corrected chi connectivity index (χ4v) is 10.5. The van der Waals surface area contributed by atoms with Crippen LogP contribution in [0.3, 0.4) is 0 Å². The smallest absolute Gasteiger partial charge is 0.408 e. The summed E-state index contributed by atoms with van der Waals surface area (Å²) < 4.78 is 16.8. The van der Waals surface area contributed by atoms with Crippen LogP contribution in [-0.2, 0) is 76.8 Å². The lowest BCUT2D eigenvalue weighted by molar-refractivity contribution is -0.152. The molecule has 0 unspecified atom stereocenters. The Balaban J connectivity index is 1.30. The third-order valence-electron chi connectivity index (χ3n) is 15.5. The molecule has 81 heavy (non-hydrogen) atoms. The molecule has 21 nitrogen and oxygen atoms in total. The van der Waals surface area contributed by atoms with Crippen molar-refractivity contribution in [3.05, 3.63) is 65.2 Å². The molecule has 446 valence electrons. The zero-order valence-corrected chi connectivity index (χ0v) is 48.9. The third kappa shape index (κ3) is 20.9. The fraction of sp³-hybridized carbons (Fsp3) is 0.617. The van der Waals surface area contributed by atoms with E-state index < -0.39 is 71.9 Å². The molecule has 6 N–H and O–H groups in total. The van der Waals surface area contributed by atoms with Gasteiger partial charge in [-0.2, -0.15) is 0 Å². The van der Waals surface area contributed by atoms with Crippen molar-refractivity contribution in [2.24, 2.45) is 35.3 Å². The van der Waals surface area contributed by atoms with Crippen molar-refractivity contribution in [1.82, 2.24) is 25.8 Å². The molecule has 0 radical (unpaired) electrons. The number of likely N-dealkylation sites (tertiary alicyclic amines) is 1. The summed E-state index contributed by atoms with van der Waals surface area (Å²) >= 11 is 0. The zero-order chi connectivity index (χ0) is 60.0. The fourth-order valence-electron chi connectivity index (χ4n) is 10.5. The number of alkyl carbamates (subject to hydrolysis) is 1. The molecule has 2 aliphatic rings. The van der Waals surface area contributed by atoms with Crippen molar-refractivity contribution in [2.45, 2.75) is 169 Å². The van der Waals surface area contributed by atoms with Gasteiger partial charge < -0.3 is 46.1 Å². The standard InChI is InChI=1S/C60H87N7O14/c1-10-39(6)55(49(79-9)30-40(7)68)66(8)57(76)47(37(2)3)33-50(71)60(26-11-12-27-60)65-59(78)81-34-43-19-22-45(23-20-43)63-56(75)44(14-13-28-62-58(61)77)32-48(70)54(38(4)5)64-51(72)36-80-35-46(69)31-42-17-15-41(16-18-42)21-24-52(73)67-29-25-53(67)74/h15-20,22-23,37-39,44,47,49,54-55H,10-14,21,24-36H2,1-9H3,(H,63,75)(H,64,72)(H,65,78)(H3,61,62,77)/t39-,44+,47-,49+,54-,55-/m0/s1. The number of rotatable bonds is 35. The third-order valence-corrected chi connectivity index (χ3v) is 15.5. The van der Waals surface area contributed by atoms with E-state index in [-0.39, 0.29) is 111 Å². The highest BCUT2D eigenvalue weighted by Gasteiger charge is 2.46. The van der Waals surface area contributed by atoms with Crippen LogP contribution in [0.2, 0.25) is 0 Å². The number of urea groups is 1. The predicted octanol–water partition coefficient (Wildman–Crippen LogP) is 5.95. The number of Topliss-reactive ketones (excluding diaryl/α,β-unsaturated/α-hetero) is 4. The van der Waals surface area contributed by atoms with Crippen LogP contribution in [0.15, 0.2) is 48.5 Å². The number of hydrogen-bond acceptors (Lipinski definition) is 14. The van der Waals surface area contributed by atoms with Crippen LogP contribution in [0.1, 0.15) is 142 Å². The van der Waals surface area contributed by atoms with Gasteiger partial charge in [-0.25, -0.2) is 9.59 Å². The number of carbonyl (C=O) groups is 11. The second-order valence-corrected chi connectivity index (χ2v) is 22.5. The summed E-state index contributed by atoms with van der Waals surface area (Å²) in [5.41, 5.74) is 6.58. The number of imide groups is 1. The number of β-lactam (4-membered cyclic amide) rings is 1. The number of hydrogen-bond donors (Lipinski definition) is 5. The van der Waals surface area contributed by atoms with Crippen LogP contribution in [0.25, 0.3) is 0 Å². The minimum absolute atomic E-state index is 0.00412. The van der Waals surface area contributed by atoms with Crippen molar-refractivity contribution in [3.8, 4) is 0 Å². The minimum atomic E-state index is -1.22. The van der Waals surface area contributed by atoms with Gasteiger partial charge in [0.05, 0.1) is 18.2 Å². The number of anilines is 1. The number of nitrogens with one attached hydrogen (secondary N) is 4. The number of aryl methyl sites for hydroxylation is 1. The summed E-state index contributed by atoms with van der Waals surface area (Å²) in [5.74, 6) is -4.90. The Kier molecular flexibility index (Phi) is 26.8. The highest BCUT2D eigenvalue weighted by molar-refractivity contribution is 6.00. The Hall–Kier alpha value is -6.87. The SMILES string of the molecule is CC[C@H](C)[C@@H]([C@@H](CC(C)=O)OC)N(C)C(=O)[C@@H](CC(=O)C1(NC(=O)OCc2ccc(NC(=O)[C@H](CCCNC(N)=O)CC(=O)[C@@H](NC(=O)COCC(=O)Cc3ccc(CCC(=O)N4CCC4=O)cc3)C(C)C)cc2)CCCC1)C(C)C. The summed E-state index contributed by atoms with van der Waals surface area (Å²) in [6.07, 6.45) is 2.97. The average molecular weight is 1130 g/mol. The quantitative estimate of drug-likeness (QED) is 0.0394. The van der Waals surface area contributed by atoms with Crippen LogP contribution >= 0.6 is 0 Å². The molecule has 0 bridgehead atoms. The van der Waals surface area contributed by atoms with Crippen LogP contribution in [0.4, 0.5) is 15.3 Å². The number of likely N-dealkylation sites (N-methyl/N-ethyl adjacent to an activating group) is 1. The van der Waals surface area contributed by atoms with E-state index in [4.69, 9.17) is 19.9 Å². The monoisotopic (exact) mass is 1130 g/mol. The zero-order valence-electron chi connectivity index (χ0n) is 48.9. The first-order chi connectivity index (χ1) is 38.4. The van der Waals surface area contributed by atoms with E-state index in [1.165, 1.54) is 18.9 Å². The highest BCUT2D eigenvalue weighted by Crippen LogP contribution is 2.35. The lowest BCUT2D eigenvalue weighted by Gasteiger charge is -2.40. The van der Waals surface area contributed by atoms with E-state index >= 15 is 0 Å². The van der Waals surface area contributed by atoms with Gasteiger partial charge in [-0.1, -0.05) is 97.2 Å². The van der Waals surface area contributed by atoms with E-state index in [0.29, 0.717) is 68.3 Å². The summed E-state index contributed by atoms with van der Waals surface area (Å²) in [5, 5.41) is 10.9. The largest absolute Gasteiger partial charge is 0.445 e. The number of amides is 8. The van der Waals surface area contributed by atoms with Crippen molar-refractivity contribution >= 4 is 70.5 Å². The van der Waals surface area contributed by atoms with Crippen molar-refractivity contribution in [3.63, 3.8) is 0 Å². The molecule has 1 aliphatic heterocycles. The molecule has 1 saturated heterocycles. The molecule has 8 amide bonds. The average Bonchev–Trinajstić information content (AvgIpc) is 3.90. The molecule has 0 spiro atoms. The lowest BCUT2D eigenvalue weighted by Crippen LogP contribution is -2.55. The van der Waals surface area contributed by atoms with E-state index in [1.807, 2.05) is 39.8 Å². The summed E-state index contributed by atoms with van der Waals surface area (Å²) in [6, 6.07) is 11.5. The second kappa shape index (κ2) is 32.5. The van der Waals surface area contributed by atoms with Gasteiger partial charge in [0.25, 0.3) is 0 Å². The molecule has 6 atom stereocenters. The molecule has 1 aliphatic carbocycles. The molecular formula is C60H87N7O14. The first kappa shape index (κ1) is 66.6. The van der Waals surface area contributed by atoms with E-state index in [1.54, 1.807) is 62.2 Å². The first-order valence-corrected chi connectivity index (χ1v) is 28.4. The normalized spacial score (nSPS) is 16.0. The van der Waals surface area contributed by atoms with Gasteiger partial charge >= 0.3 is 12.1 Å². The van der Waals surface area contributed by atoms with Gasteiger partial charge in [-0.3, -0.25) is 48.1 Å². The summed E-state index contributed by atoms with van der Waals surface area (Å²) in [6.45, 7) is 12.4. The number of benzene rings is 2. The lowest BCUT2D eigenvalue weighted by atomic mass is 9.81. The van der Waals surface area contributed by atoms with E-state index in [9.17, 15) is 52.7 Å². The molecular weight excluding hydrogens is 1040 g/mol. The summed E-state index contributed by atoms with van der Waals surface area (Å²) in [7, 11) is 3.23. The molecule has 4 rings (SSSR count). The van der Waals surface area contributed by atoms with Crippen molar-refractivity contribution in [1.29, 1.82) is 0 Å². The minimum Gasteiger partial charge on any atom is -0.445 e. The Bertz CT molecular complexity index is 2510. The van der Waals surface area contributed by atoms with E-state index in [2.05, 4.69) is 21.3 Å². The number of ketones is 4. The number of nitrogens with zero attached hydrogens (tertiary/aromatic N) is 2. The highest BCUT2D eigenvalue weighted by atomic mass is 16.5. The van der Waals surface area contributed by atoms with Gasteiger partial charge in [0.1, 0.15) is 31.1 Å². The molecule has 21 heteroatoms. The number of methoxy groups -OCH3 is 1. The van der Waals surface area contributed by atoms with Gasteiger partial charge in [0.2, 0.25) is 29.5 Å². The van der Waals surface area contributed by atoms with Gasteiger partial charge in [0, 0.05) is 83.3 Å². The number of ether oxygens (including phenoxy) is 3. The Morgan fingerprint density at radius 3 is 2.02 bits per heavy atom. The van der Waals surface area contributed by atoms with Crippen LogP contribution in [0, 0.1) is 29.6 Å². The number of carbonyl (C=O) groups excluding carboxylic acids is 11. The molecule has 0 aromatic heterocycles. The number of nitrogens with two attached hydrogens (primary N) is 1. The molecule has 2 aromatic rings. The topological polar surface area (TPSA) is 296 Å². The Morgan fingerprint density at radius 2 is 1.47 bits per heavy atom. The predicted molar refractivity (Wildman–Crippen MR) is 302 cm³/mol. The molecule has 1 heterocycles. The van der Waals surface area contributed by atoms with E-state index in [0.717, 1.165) is 12.0 Å². The maximum Gasteiger partial charge on any atom is 0.408 e. The Morgan fingerprint density at radius 1 is 0.827 bits per heavy atom. The van der Waals surface area contributed by atoms with Gasteiger partial charge in [-0.15, -0.1) is 0 Å². The van der Waals surface area contributed by atoms with Crippen LogP contribution in [0.5, 0.6) is 0 Å². The molecule has 2 fully saturated rings. The Labute approximate surface area is 476 Å². The van der Waals surface area contributed by atoms with Crippen molar-refractivity contribution in [2.75, 3.05) is 45.8 Å². The number of primary amides is 1. The first-order valence-electron chi connectivity index (χ1n) is 28.4. The maximum atomic E-state index is 14.3. The van der Waals surface area contributed by atoms with Gasteiger partial charge in [0.15, 0.2) is 17.3 Å². The second-order valence-electron chi connectivity index (χ2n) is 22.5. The van der Waals surface area contributed by atoms with Crippen molar-refractivity contribution < 1.29 is 67.0 Å².